The predicted octanol–water partition coefficient (Wildman–Crippen LogP) is 2.24. The number of rotatable bonds is 5. The first-order valence-corrected chi connectivity index (χ1v) is 6.66. The summed E-state index contributed by atoms with van der Waals surface area (Å²) in [5, 5.41) is 3.32. The number of nitrogens with zero attached hydrogens (tertiary/aromatic N) is 1. The topological polar surface area (TPSA) is 60.5 Å². The van der Waals surface area contributed by atoms with Gasteiger partial charge in [0.1, 0.15) is 11.4 Å². The van der Waals surface area contributed by atoms with E-state index in [2.05, 4.69) is 10.3 Å². The van der Waals surface area contributed by atoms with Crippen LogP contribution in [0.25, 0.3) is 0 Å². The average Bonchev–Trinajstić information content (AvgIpc) is 2.87. The van der Waals surface area contributed by atoms with E-state index in [0.29, 0.717) is 30.1 Å². The molecule has 0 bridgehead atoms. The molecule has 2 atom stereocenters. The molecule has 0 saturated heterocycles. The van der Waals surface area contributed by atoms with Crippen LogP contribution in [0.3, 0.4) is 0 Å². The van der Waals surface area contributed by atoms with E-state index in [1.54, 1.807) is 32.4 Å². The highest BCUT2D eigenvalue weighted by Gasteiger charge is 2.25. The zero-order valence-electron chi connectivity index (χ0n) is 11.4. The van der Waals surface area contributed by atoms with Gasteiger partial charge in [0.25, 0.3) is 0 Å². The van der Waals surface area contributed by atoms with Crippen molar-refractivity contribution < 1.29 is 14.3 Å². The minimum absolute atomic E-state index is 0.298. The van der Waals surface area contributed by atoms with Crippen molar-refractivity contribution in [1.82, 2.24) is 4.98 Å². The second kappa shape index (κ2) is 6.52. The molecule has 1 saturated carbocycles. The van der Waals surface area contributed by atoms with Gasteiger partial charge in [0.15, 0.2) is 0 Å². The van der Waals surface area contributed by atoms with Gasteiger partial charge in [-0.1, -0.05) is 0 Å². The first kappa shape index (κ1) is 13.8. The highest BCUT2D eigenvalue weighted by molar-refractivity contribution is 5.94. The van der Waals surface area contributed by atoms with Gasteiger partial charge in [0, 0.05) is 19.3 Å². The molecule has 1 aliphatic rings. The summed E-state index contributed by atoms with van der Waals surface area (Å²) >= 11 is 0. The van der Waals surface area contributed by atoms with Crippen LogP contribution < -0.4 is 5.32 Å². The molecule has 0 radical (unpaired) electrons. The van der Waals surface area contributed by atoms with Crippen molar-refractivity contribution in [2.75, 3.05) is 19.0 Å². The Morgan fingerprint density at radius 1 is 1.53 bits per heavy atom. The Kier molecular flexibility index (Phi) is 4.74. The van der Waals surface area contributed by atoms with Gasteiger partial charge in [-0.05, 0) is 38.3 Å². The van der Waals surface area contributed by atoms with Gasteiger partial charge in [-0.3, -0.25) is 0 Å². The number of hydrogen-bond donors (Lipinski definition) is 1. The molecule has 1 fully saturated rings. The molecule has 0 aromatic carbocycles. The molecule has 0 spiro atoms. The molecule has 104 valence electrons. The molecule has 5 heteroatoms. The van der Waals surface area contributed by atoms with Crippen molar-refractivity contribution in [3.05, 3.63) is 23.9 Å². The van der Waals surface area contributed by atoms with E-state index in [0.717, 1.165) is 19.3 Å². The van der Waals surface area contributed by atoms with Gasteiger partial charge in [-0.25, -0.2) is 9.78 Å². The second-order valence-corrected chi connectivity index (χ2v) is 4.63. The summed E-state index contributed by atoms with van der Waals surface area (Å²) in [6.45, 7) is 2.16. The molecular weight excluding hydrogens is 244 g/mol. The first-order valence-electron chi connectivity index (χ1n) is 6.66. The lowest BCUT2D eigenvalue weighted by Gasteiger charge is -2.15. The summed E-state index contributed by atoms with van der Waals surface area (Å²) in [5.74, 6) is 0.266. The number of esters is 1. The Bertz CT molecular complexity index is 436. The molecule has 1 aliphatic carbocycles. The molecule has 2 unspecified atom stereocenters. The van der Waals surface area contributed by atoms with Crippen LogP contribution in [-0.4, -0.2) is 36.8 Å². The quantitative estimate of drug-likeness (QED) is 0.826. The summed E-state index contributed by atoms with van der Waals surface area (Å²) in [7, 11) is 1.73. The molecule has 19 heavy (non-hydrogen) atoms. The molecule has 1 aromatic rings. The Hall–Kier alpha value is -1.62. The third-order valence-electron chi connectivity index (χ3n) is 3.36. The van der Waals surface area contributed by atoms with Crippen LogP contribution in [0.4, 0.5) is 5.82 Å². The van der Waals surface area contributed by atoms with E-state index in [9.17, 15) is 4.79 Å². The number of carbonyl (C=O) groups is 1. The maximum atomic E-state index is 11.8. The number of carbonyl (C=O) groups excluding carboxylic acids is 1. The van der Waals surface area contributed by atoms with E-state index in [-0.39, 0.29) is 5.97 Å². The van der Waals surface area contributed by atoms with E-state index in [1.807, 2.05) is 0 Å². The second-order valence-electron chi connectivity index (χ2n) is 4.63. The lowest BCUT2D eigenvalue weighted by Crippen LogP contribution is -2.20. The standard InChI is InChI=1S/C14H20N2O3/c1-3-19-14(17)12-5-4-8-15-13(12)16-10-6-7-11(9-10)18-2/h4-5,8,10-11H,3,6-7,9H2,1-2H3,(H,15,16). The smallest absolute Gasteiger partial charge is 0.341 e. The molecule has 0 amide bonds. The van der Waals surface area contributed by atoms with Gasteiger partial charge < -0.3 is 14.8 Å². The third kappa shape index (κ3) is 3.44. The molecule has 1 aromatic heterocycles. The van der Waals surface area contributed by atoms with Crippen molar-refractivity contribution in [2.45, 2.75) is 38.3 Å². The molecule has 1 heterocycles. The minimum Gasteiger partial charge on any atom is -0.462 e. The lowest BCUT2D eigenvalue weighted by molar-refractivity contribution is 0.0527. The van der Waals surface area contributed by atoms with Crippen LogP contribution in [0.1, 0.15) is 36.5 Å². The Morgan fingerprint density at radius 2 is 2.37 bits per heavy atom. The third-order valence-corrected chi connectivity index (χ3v) is 3.36. The predicted molar refractivity (Wildman–Crippen MR) is 72.3 cm³/mol. The van der Waals surface area contributed by atoms with Crippen LogP contribution in [0.2, 0.25) is 0 Å². The zero-order valence-corrected chi connectivity index (χ0v) is 11.4. The van der Waals surface area contributed by atoms with Crippen molar-refractivity contribution >= 4 is 11.8 Å². The van der Waals surface area contributed by atoms with Gasteiger partial charge in [-0.2, -0.15) is 0 Å². The normalized spacial score (nSPS) is 22.2. The number of pyridine rings is 1. The summed E-state index contributed by atoms with van der Waals surface area (Å²) < 4.78 is 10.4. The number of hydrogen-bond acceptors (Lipinski definition) is 5. The lowest BCUT2D eigenvalue weighted by atomic mass is 10.2. The number of nitrogens with one attached hydrogen (secondary N) is 1. The fraction of sp³-hybridized carbons (Fsp3) is 0.571. The maximum Gasteiger partial charge on any atom is 0.341 e. The summed E-state index contributed by atoms with van der Waals surface area (Å²) in [5.41, 5.74) is 0.491. The van der Waals surface area contributed by atoms with Crippen molar-refractivity contribution in [1.29, 1.82) is 0 Å². The van der Waals surface area contributed by atoms with Crippen molar-refractivity contribution in [2.24, 2.45) is 0 Å². The fourth-order valence-corrected chi connectivity index (χ4v) is 2.37. The minimum atomic E-state index is -0.334. The Morgan fingerprint density at radius 3 is 3.05 bits per heavy atom. The summed E-state index contributed by atoms with van der Waals surface area (Å²) in [4.78, 5) is 16.1. The SMILES string of the molecule is CCOC(=O)c1cccnc1NC1CCC(OC)C1. The highest BCUT2D eigenvalue weighted by Crippen LogP contribution is 2.25. The van der Waals surface area contributed by atoms with Crippen LogP contribution in [0, 0.1) is 0 Å². The van der Waals surface area contributed by atoms with Gasteiger partial charge in [-0.15, -0.1) is 0 Å². The van der Waals surface area contributed by atoms with Crippen LogP contribution >= 0.6 is 0 Å². The summed E-state index contributed by atoms with van der Waals surface area (Å²) in [6.07, 6.45) is 4.98. The van der Waals surface area contributed by atoms with Crippen LogP contribution in [-0.2, 0) is 9.47 Å². The van der Waals surface area contributed by atoms with Gasteiger partial charge >= 0.3 is 5.97 Å². The van der Waals surface area contributed by atoms with Crippen molar-refractivity contribution in [3.8, 4) is 0 Å². The van der Waals surface area contributed by atoms with E-state index in [1.165, 1.54) is 0 Å². The number of methoxy groups -OCH3 is 1. The largest absolute Gasteiger partial charge is 0.462 e. The molecule has 0 aliphatic heterocycles. The van der Waals surface area contributed by atoms with Crippen LogP contribution in [0.15, 0.2) is 18.3 Å². The number of ether oxygens (including phenoxy) is 2. The van der Waals surface area contributed by atoms with Crippen LogP contribution in [0.5, 0.6) is 0 Å². The van der Waals surface area contributed by atoms with E-state index in [4.69, 9.17) is 9.47 Å². The number of anilines is 1. The molecule has 5 nitrogen and oxygen atoms in total. The highest BCUT2D eigenvalue weighted by atomic mass is 16.5. The fourth-order valence-electron chi connectivity index (χ4n) is 2.37. The van der Waals surface area contributed by atoms with E-state index < -0.39 is 0 Å². The zero-order chi connectivity index (χ0) is 13.7. The number of aromatic nitrogens is 1. The monoisotopic (exact) mass is 264 g/mol. The molecule has 1 N–H and O–H groups in total. The Labute approximate surface area is 113 Å². The van der Waals surface area contributed by atoms with Crippen molar-refractivity contribution in [3.63, 3.8) is 0 Å². The molecular formula is C14H20N2O3. The van der Waals surface area contributed by atoms with Gasteiger partial charge in [0.2, 0.25) is 0 Å². The summed E-state index contributed by atoms with van der Waals surface area (Å²) in [6, 6.07) is 3.77. The van der Waals surface area contributed by atoms with E-state index >= 15 is 0 Å². The average molecular weight is 264 g/mol. The molecule has 2 rings (SSSR count). The van der Waals surface area contributed by atoms with Gasteiger partial charge in [0.05, 0.1) is 12.7 Å². The maximum absolute atomic E-state index is 11.8. The Balaban J connectivity index is 2.06. The first-order chi connectivity index (χ1) is 9.24.